The molecule has 0 saturated carbocycles. The number of nitrogens with zero attached hydrogens (tertiary/aromatic N) is 2. The van der Waals surface area contributed by atoms with Crippen molar-refractivity contribution >= 4 is 17.8 Å². The fourth-order valence-corrected chi connectivity index (χ4v) is 2.14. The average molecular weight is 276 g/mol. The summed E-state index contributed by atoms with van der Waals surface area (Å²) in [5.41, 5.74) is 0.506. The Kier molecular flexibility index (Phi) is 3.85. The van der Waals surface area contributed by atoms with Gasteiger partial charge in [0.15, 0.2) is 0 Å². The molecule has 1 aliphatic rings. The lowest BCUT2D eigenvalue weighted by atomic mass is 10.1. The summed E-state index contributed by atoms with van der Waals surface area (Å²) < 4.78 is 0. The summed E-state index contributed by atoms with van der Waals surface area (Å²) in [6, 6.07) is 5.88. The average Bonchev–Trinajstić information content (AvgIpc) is 2.65. The van der Waals surface area contributed by atoms with Crippen LogP contribution in [0.15, 0.2) is 24.3 Å². The second kappa shape index (κ2) is 5.42. The van der Waals surface area contributed by atoms with E-state index < -0.39 is 23.8 Å². The Morgan fingerprint density at radius 2 is 1.70 bits per heavy atom. The van der Waals surface area contributed by atoms with Gasteiger partial charge in [-0.3, -0.25) is 14.5 Å². The SMILES string of the molecule is CC[C@@H](C(=O)ON1C(=O)c2ccccc2C1=O)N(C)C. The number of fused-ring (bicyclic) bond motifs is 1. The van der Waals surface area contributed by atoms with E-state index in [0.29, 0.717) is 11.5 Å². The number of benzene rings is 1. The van der Waals surface area contributed by atoms with Gasteiger partial charge in [-0.2, -0.15) is 0 Å². The Bertz CT molecular complexity index is 533. The van der Waals surface area contributed by atoms with Crippen molar-refractivity contribution in [1.82, 2.24) is 9.96 Å². The molecule has 0 fully saturated rings. The molecule has 6 nitrogen and oxygen atoms in total. The highest BCUT2D eigenvalue weighted by Gasteiger charge is 2.39. The molecule has 1 aromatic carbocycles. The minimum absolute atomic E-state index is 0.253. The number of carbonyl (C=O) groups is 3. The van der Waals surface area contributed by atoms with Crippen LogP contribution in [0.5, 0.6) is 0 Å². The van der Waals surface area contributed by atoms with Crippen LogP contribution in [0, 0.1) is 0 Å². The van der Waals surface area contributed by atoms with E-state index in [1.54, 1.807) is 31.1 Å². The molecule has 106 valence electrons. The van der Waals surface area contributed by atoms with Gasteiger partial charge in [0.2, 0.25) is 0 Å². The van der Waals surface area contributed by atoms with E-state index in [9.17, 15) is 14.4 Å². The number of hydrogen-bond donors (Lipinski definition) is 0. The van der Waals surface area contributed by atoms with Crippen LogP contribution >= 0.6 is 0 Å². The van der Waals surface area contributed by atoms with Gasteiger partial charge in [0.05, 0.1) is 11.1 Å². The van der Waals surface area contributed by atoms with Crippen molar-refractivity contribution < 1.29 is 19.2 Å². The molecule has 0 aromatic heterocycles. The van der Waals surface area contributed by atoms with Crippen LogP contribution in [-0.4, -0.2) is 47.9 Å². The normalized spacial score (nSPS) is 15.5. The molecule has 20 heavy (non-hydrogen) atoms. The number of hydroxylamine groups is 2. The second-order valence-corrected chi connectivity index (χ2v) is 4.75. The maximum atomic E-state index is 12.0. The van der Waals surface area contributed by atoms with E-state index >= 15 is 0 Å². The molecule has 2 amide bonds. The molecule has 1 aliphatic heterocycles. The third-order valence-electron chi connectivity index (χ3n) is 3.22. The third kappa shape index (κ3) is 2.30. The molecule has 0 aliphatic carbocycles. The van der Waals surface area contributed by atoms with E-state index in [0.717, 1.165) is 0 Å². The zero-order valence-corrected chi connectivity index (χ0v) is 11.6. The van der Waals surface area contributed by atoms with Gasteiger partial charge in [-0.15, -0.1) is 0 Å². The minimum atomic E-state index is -0.619. The predicted octanol–water partition coefficient (Wildman–Crippen LogP) is 1.08. The largest absolute Gasteiger partial charge is 0.350 e. The molecule has 6 heteroatoms. The number of amides is 2. The van der Waals surface area contributed by atoms with Crippen molar-refractivity contribution in [3.8, 4) is 0 Å². The van der Waals surface area contributed by atoms with Gasteiger partial charge >= 0.3 is 5.97 Å². The van der Waals surface area contributed by atoms with Gasteiger partial charge in [0.25, 0.3) is 11.8 Å². The molecule has 0 bridgehead atoms. The van der Waals surface area contributed by atoms with Crippen LogP contribution in [-0.2, 0) is 9.63 Å². The Labute approximate surface area is 116 Å². The van der Waals surface area contributed by atoms with Crippen molar-refractivity contribution in [1.29, 1.82) is 0 Å². The Morgan fingerprint density at radius 1 is 1.20 bits per heavy atom. The van der Waals surface area contributed by atoms with Crippen molar-refractivity contribution in [2.75, 3.05) is 14.1 Å². The standard InChI is InChI=1S/C14H16N2O4/c1-4-11(15(2)3)14(19)20-16-12(17)9-7-5-6-8-10(9)13(16)18/h5-8,11H,4H2,1-3H3/t11-/m0/s1. The van der Waals surface area contributed by atoms with E-state index in [-0.39, 0.29) is 11.1 Å². The number of carbonyl (C=O) groups excluding carboxylic acids is 3. The molecule has 0 N–H and O–H groups in total. The van der Waals surface area contributed by atoms with E-state index in [4.69, 9.17) is 4.84 Å². The molecular formula is C14H16N2O4. The Morgan fingerprint density at radius 3 is 2.10 bits per heavy atom. The number of hydrogen-bond acceptors (Lipinski definition) is 5. The van der Waals surface area contributed by atoms with Crippen molar-refractivity contribution in [3.05, 3.63) is 35.4 Å². The lowest BCUT2D eigenvalue weighted by Crippen LogP contribution is -2.42. The van der Waals surface area contributed by atoms with Gasteiger partial charge in [-0.25, -0.2) is 4.79 Å². The summed E-state index contributed by atoms with van der Waals surface area (Å²) in [4.78, 5) is 42.7. The molecule has 2 rings (SSSR count). The van der Waals surface area contributed by atoms with E-state index in [2.05, 4.69) is 0 Å². The quantitative estimate of drug-likeness (QED) is 0.770. The topological polar surface area (TPSA) is 66.9 Å². The first-order valence-corrected chi connectivity index (χ1v) is 6.33. The number of rotatable bonds is 4. The third-order valence-corrected chi connectivity index (χ3v) is 3.22. The summed E-state index contributed by atoms with van der Waals surface area (Å²) in [6.45, 7) is 1.83. The first kappa shape index (κ1) is 14.2. The van der Waals surface area contributed by atoms with Crippen molar-refractivity contribution in [2.45, 2.75) is 19.4 Å². The Balaban J connectivity index is 2.19. The summed E-state index contributed by atoms with van der Waals surface area (Å²) in [5.74, 6) is -1.83. The van der Waals surface area contributed by atoms with Gasteiger partial charge in [0, 0.05) is 0 Å². The van der Waals surface area contributed by atoms with Gasteiger partial charge in [0.1, 0.15) is 6.04 Å². The predicted molar refractivity (Wildman–Crippen MR) is 70.8 cm³/mol. The maximum Gasteiger partial charge on any atom is 0.350 e. The van der Waals surface area contributed by atoms with Gasteiger partial charge < -0.3 is 4.84 Å². The lowest BCUT2D eigenvalue weighted by Gasteiger charge is -2.22. The van der Waals surface area contributed by atoms with Gasteiger partial charge in [-0.1, -0.05) is 24.1 Å². The van der Waals surface area contributed by atoms with Gasteiger partial charge in [-0.05, 0) is 32.6 Å². The second-order valence-electron chi connectivity index (χ2n) is 4.75. The molecule has 0 radical (unpaired) electrons. The van der Waals surface area contributed by atoms with Crippen LogP contribution in [0.3, 0.4) is 0 Å². The molecule has 0 unspecified atom stereocenters. The van der Waals surface area contributed by atoms with E-state index in [1.807, 2.05) is 6.92 Å². The highest BCUT2D eigenvalue weighted by atomic mass is 16.7. The van der Waals surface area contributed by atoms with Crippen LogP contribution in [0.4, 0.5) is 0 Å². The highest BCUT2D eigenvalue weighted by Crippen LogP contribution is 2.23. The molecule has 0 saturated heterocycles. The van der Waals surface area contributed by atoms with Crippen LogP contribution < -0.4 is 0 Å². The van der Waals surface area contributed by atoms with Crippen molar-refractivity contribution in [3.63, 3.8) is 0 Å². The first-order valence-electron chi connectivity index (χ1n) is 6.33. The van der Waals surface area contributed by atoms with Crippen molar-refractivity contribution in [2.24, 2.45) is 0 Å². The maximum absolute atomic E-state index is 12.0. The summed E-state index contributed by atoms with van der Waals surface area (Å²) in [5, 5.41) is 0.541. The molecule has 1 atom stereocenters. The summed E-state index contributed by atoms with van der Waals surface area (Å²) >= 11 is 0. The number of likely N-dealkylation sites (N-methyl/N-ethyl adjacent to an activating group) is 1. The molecule has 1 heterocycles. The van der Waals surface area contributed by atoms with Crippen LogP contribution in [0.1, 0.15) is 34.1 Å². The summed E-state index contributed by atoms with van der Waals surface area (Å²) in [7, 11) is 3.47. The molecule has 0 spiro atoms. The van der Waals surface area contributed by atoms with E-state index in [1.165, 1.54) is 12.1 Å². The zero-order valence-electron chi connectivity index (χ0n) is 11.6. The Hall–Kier alpha value is -2.21. The monoisotopic (exact) mass is 276 g/mol. The lowest BCUT2D eigenvalue weighted by molar-refractivity contribution is -0.174. The number of imide groups is 1. The first-order chi connectivity index (χ1) is 9.47. The minimum Gasteiger partial charge on any atom is -0.328 e. The fraction of sp³-hybridized carbons (Fsp3) is 0.357. The van der Waals surface area contributed by atoms with Crippen LogP contribution in [0.2, 0.25) is 0 Å². The summed E-state index contributed by atoms with van der Waals surface area (Å²) in [6.07, 6.45) is 0.523. The molecular weight excluding hydrogens is 260 g/mol. The fourth-order valence-electron chi connectivity index (χ4n) is 2.14. The van der Waals surface area contributed by atoms with Crippen LogP contribution in [0.25, 0.3) is 0 Å². The smallest absolute Gasteiger partial charge is 0.328 e. The molecule has 1 aromatic rings. The highest BCUT2D eigenvalue weighted by molar-refractivity contribution is 6.20. The zero-order chi connectivity index (χ0) is 14.9.